The van der Waals surface area contributed by atoms with Gasteiger partial charge < -0.3 is 20.1 Å². The molecular formula is C23H28N4O2. The van der Waals surface area contributed by atoms with E-state index < -0.39 is 0 Å². The maximum absolute atomic E-state index is 5.37. The summed E-state index contributed by atoms with van der Waals surface area (Å²) in [4.78, 5) is 9.07. The lowest BCUT2D eigenvalue weighted by Crippen LogP contribution is -2.10. The minimum absolute atomic E-state index is 0.609. The van der Waals surface area contributed by atoms with Crippen molar-refractivity contribution in [2.24, 2.45) is 0 Å². The van der Waals surface area contributed by atoms with Crippen LogP contribution in [-0.4, -0.2) is 30.7 Å². The van der Waals surface area contributed by atoms with Gasteiger partial charge in [-0.1, -0.05) is 25.1 Å². The molecule has 0 aliphatic heterocycles. The van der Waals surface area contributed by atoms with Crippen molar-refractivity contribution < 1.29 is 9.47 Å². The molecule has 0 saturated carbocycles. The van der Waals surface area contributed by atoms with Crippen molar-refractivity contribution in [3.63, 3.8) is 0 Å². The van der Waals surface area contributed by atoms with Crippen molar-refractivity contribution in [3.8, 4) is 11.5 Å². The largest absolute Gasteiger partial charge is 0.493 e. The number of ether oxygens (including phenoxy) is 2. The van der Waals surface area contributed by atoms with Gasteiger partial charge in [-0.05, 0) is 55.2 Å². The molecular weight excluding hydrogens is 364 g/mol. The van der Waals surface area contributed by atoms with Crippen molar-refractivity contribution >= 4 is 17.5 Å². The first-order valence-electron chi connectivity index (χ1n) is 9.77. The van der Waals surface area contributed by atoms with Gasteiger partial charge in [0.1, 0.15) is 5.82 Å². The molecule has 0 spiro atoms. The summed E-state index contributed by atoms with van der Waals surface area (Å²) in [5.74, 6) is 2.85. The molecule has 3 rings (SSSR count). The van der Waals surface area contributed by atoms with E-state index in [2.05, 4.69) is 51.8 Å². The topological polar surface area (TPSA) is 68.3 Å². The fraction of sp³-hybridized carbons (Fsp3) is 0.304. The molecule has 0 saturated heterocycles. The molecule has 6 heteroatoms. The van der Waals surface area contributed by atoms with Crippen LogP contribution in [0, 0.1) is 6.92 Å². The third-order valence-electron chi connectivity index (χ3n) is 4.63. The first-order valence-corrected chi connectivity index (χ1v) is 9.77. The molecule has 0 bridgehead atoms. The lowest BCUT2D eigenvalue weighted by atomic mass is 10.1. The van der Waals surface area contributed by atoms with Gasteiger partial charge in [0.2, 0.25) is 5.95 Å². The minimum Gasteiger partial charge on any atom is -0.493 e. The lowest BCUT2D eigenvalue weighted by molar-refractivity contribution is 0.354. The lowest BCUT2D eigenvalue weighted by Gasteiger charge is -2.11. The Kier molecular flexibility index (Phi) is 6.89. The number of hydrogen-bond acceptors (Lipinski definition) is 6. The van der Waals surface area contributed by atoms with Gasteiger partial charge in [-0.15, -0.1) is 0 Å². The Hall–Kier alpha value is -3.28. The molecule has 6 nitrogen and oxygen atoms in total. The fourth-order valence-corrected chi connectivity index (χ4v) is 3.04. The summed E-state index contributed by atoms with van der Waals surface area (Å²) in [5.41, 5.74) is 4.38. The van der Waals surface area contributed by atoms with Gasteiger partial charge in [0.15, 0.2) is 11.5 Å². The van der Waals surface area contributed by atoms with E-state index >= 15 is 0 Å². The number of benzene rings is 2. The molecule has 0 fully saturated rings. The summed E-state index contributed by atoms with van der Waals surface area (Å²) < 4.78 is 10.7. The van der Waals surface area contributed by atoms with Crippen LogP contribution in [-0.2, 0) is 12.8 Å². The van der Waals surface area contributed by atoms with Crippen LogP contribution in [0.5, 0.6) is 11.5 Å². The predicted octanol–water partition coefficient (Wildman–Crippen LogP) is 4.76. The van der Waals surface area contributed by atoms with Crippen molar-refractivity contribution in [3.05, 3.63) is 65.4 Å². The maximum atomic E-state index is 5.37. The van der Waals surface area contributed by atoms with Gasteiger partial charge in [0.05, 0.1) is 14.2 Å². The Balaban J connectivity index is 1.62. The Morgan fingerprint density at radius 1 is 0.862 bits per heavy atom. The van der Waals surface area contributed by atoms with Gasteiger partial charge in [-0.2, -0.15) is 4.98 Å². The van der Waals surface area contributed by atoms with Crippen LogP contribution in [0.3, 0.4) is 0 Å². The molecule has 0 radical (unpaired) electrons. The average Bonchev–Trinajstić information content (AvgIpc) is 2.73. The van der Waals surface area contributed by atoms with Crippen molar-refractivity contribution in [2.75, 3.05) is 31.4 Å². The monoisotopic (exact) mass is 392 g/mol. The van der Waals surface area contributed by atoms with Gasteiger partial charge in [-0.3, -0.25) is 0 Å². The first-order chi connectivity index (χ1) is 14.1. The van der Waals surface area contributed by atoms with Crippen molar-refractivity contribution in [1.82, 2.24) is 9.97 Å². The standard InChI is InChI=1S/C23H28N4O2/c1-5-17-6-9-19(10-7-17)26-22-14-16(2)25-23(27-22)24-13-12-18-8-11-20(28-3)21(15-18)29-4/h6-11,14-15H,5,12-13H2,1-4H3,(H2,24,25,26,27). The fourth-order valence-electron chi connectivity index (χ4n) is 3.04. The number of nitrogens with one attached hydrogen (secondary N) is 2. The zero-order valence-electron chi connectivity index (χ0n) is 17.5. The summed E-state index contributed by atoms with van der Waals surface area (Å²) in [6.45, 7) is 4.83. The summed E-state index contributed by atoms with van der Waals surface area (Å²) in [6, 6.07) is 16.3. The predicted molar refractivity (Wildman–Crippen MR) is 118 cm³/mol. The van der Waals surface area contributed by atoms with Crippen LogP contribution in [0.25, 0.3) is 0 Å². The highest BCUT2D eigenvalue weighted by Gasteiger charge is 2.06. The summed E-state index contributed by atoms with van der Waals surface area (Å²) >= 11 is 0. The molecule has 0 aliphatic rings. The Morgan fingerprint density at radius 2 is 1.59 bits per heavy atom. The smallest absolute Gasteiger partial charge is 0.224 e. The molecule has 0 unspecified atom stereocenters. The van der Waals surface area contributed by atoms with Crippen LogP contribution < -0.4 is 20.1 Å². The van der Waals surface area contributed by atoms with Gasteiger partial charge >= 0.3 is 0 Å². The molecule has 29 heavy (non-hydrogen) atoms. The molecule has 2 aromatic carbocycles. The van der Waals surface area contributed by atoms with Crippen LogP contribution in [0.1, 0.15) is 23.7 Å². The van der Waals surface area contributed by atoms with Crippen LogP contribution in [0.2, 0.25) is 0 Å². The molecule has 0 atom stereocenters. The number of hydrogen-bond donors (Lipinski definition) is 2. The second-order valence-electron chi connectivity index (χ2n) is 6.76. The van der Waals surface area contributed by atoms with Crippen LogP contribution in [0.4, 0.5) is 17.5 Å². The third-order valence-corrected chi connectivity index (χ3v) is 4.63. The molecule has 2 N–H and O–H groups in total. The first kappa shape index (κ1) is 20.5. The van der Waals surface area contributed by atoms with E-state index in [0.717, 1.165) is 47.1 Å². The molecule has 1 aromatic heterocycles. The number of anilines is 3. The average molecular weight is 393 g/mol. The summed E-state index contributed by atoms with van der Waals surface area (Å²) in [5, 5.41) is 6.66. The van der Waals surface area contributed by atoms with Crippen molar-refractivity contribution in [2.45, 2.75) is 26.7 Å². The normalized spacial score (nSPS) is 10.5. The molecule has 1 heterocycles. The number of aromatic nitrogens is 2. The summed E-state index contributed by atoms with van der Waals surface area (Å²) in [7, 11) is 3.28. The number of rotatable bonds is 9. The van der Waals surface area contributed by atoms with Gasteiger partial charge in [-0.25, -0.2) is 4.98 Å². The highest BCUT2D eigenvalue weighted by molar-refractivity contribution is 5.58. The van der Waals surface area contributed by atoms with E-state index in [9.17, 15) is 0 Å². The maximum Gasteiger partial charge on any atom is 0.224 e. The third kappa shape index (κ3) is 5.60. The Bertz CT molecular complexity index is 942. The number of aryl methyl sites for hydroxylation is 2. The SMILES string of the molecule is CCc1ccc(Nc2cc(C)nc(NCCc3ccc(OC)c(OC)c3)n2)cc1. The van der Waals surface area contributed by atoms with Gasteiger partial charge in [0.25, 0.3) is 0 Å². The van der Waals surface area contributed by atoms with E-state index in [1.165, 1.54) is 5.56 Å². The highest BCUT2D eigenvalue weighted by Crippen LogP contribution is 2.27. The second-order valence-corrected chi connectivity index (χ2v) is 6.76. The van der Waals surface area contributed by atoms with E-state index in [0.29, 0.717) is 12.5 Å². The molecule has 3 aromatic rings. The number of methoxy groups -OCH3 is 2. The Morgan fingerprint density at radius 3 is 2.28 bits per heavy atom. The van der Waals surface area contributed by atoms with Crippen LogP contribution >= 0.6 is 0 Å². The number of nitrogens with zero attached hydrogens (tertiary/aromatic N) is 2. The van der Waals surface area contributed by atoms with Crippen LogP contribution in [0.15, 0.2) is 48.5 Å². The van der Waals surface area contributed by atoms with Crippen molar-refractivity contribution in [1.29, 1.82) is 0 Å². The minimum atomic E-state index is 0.609. The second kappa shape index (κ2) is 9.78. The van der Waals surface area contributed by atoms with E-state index in [-0.39, 0.29) is 0 Å². The molecule has 0 amide bonds. The quantitative estimate of drug-likeness (QED) is 0.547. The molecule has 152 valence electrons. The van der Waals surface area contributed by atoms with Gasteiger partial charge in [0, 0.05) is 24.0 Å². The Labute approximate surface area is 172 Å². The molecule has 0 aliphatic carbocycles. The van der Waals surface area contributed by atoms with E-state index in [4.69, 9.17) is 9.47 Å². The zero-order valence-corrected chi connectivity index (χ0v) is 17.5. The van der Waals surface area contributed by atoms with E-state index in [1.54, 1.807) is 14.2 Å². The zero-order chi connectivity index (χ0) is 20.6. The van der Waals surface area contributed by atoms with E-state index in [1.807, 2.05) is 31.2 Å². The highest BCUT2D eigenvalue weighted by atomic mass is 16.5. The summed E-state index contributed by atoms with van der Waals surface area (Å²) in [6.07, 6.45) is 1.85.